The van der Waals surface area contributed by atoms with Gasteiger partial charge in [-0.1, -0.05) is 375 Å². The number of unbranched alkanes of at least 4 members (excludes halogenated alkanes) is 51. The first kappa shape index (κ1) is 114. The maximum Gasteiger partial charge on any atom is 0.327 e. The van der Waals surface area contributed by atoms with E-state index in [-0.39, 0.29) is 38.5 Å². The van der Waals surface area contributed by atoms with Crippen molar-refractivity contribution in [1.82, 2.24) is 10.6 Å². The molecule has 2 fully saturated rings. The van der Waals surface area contributed by atoms with Gasteiger partial charge in [-0.2, -0.15) is 0 Å². The molecule has 0 bridgehead atoms. The molecule has 14 atom stereocenters. The van der Waals surface area contributed by atoms with Crippen molar-refractivity contribution in [3.63, 3.8) is 0 Å². The number of carbonyl (C=O) groups is 6. The number of aliphatic hydroxyl groups excluding tert-OH is 4. The van der Waals surface area contributed by atoms with Crippen LogP contribution in [0.2, 0.25) is 0 Å². The zero-order chi connectivity index (χ0) is 89.2. The predicted octanol–water partition coefficient (Wildman–Crippen LogP) is 23.6. The van der Waals surface area contributed by atoms with Gasteiger partial charge in [0.25, 0.3) is 0 Å². The van der Waals surface area contributed by atoms with Crippen molar-refractivity contribution in [2.75, 3.05) is 19.9 Å². The van der Waals surface area contributed by atoms with Crippen LogP contribution in [0.4, 0.5) is 0 Å². The molecule has 22 nitrogen and oxygen atoms in total. The van der Waals surface area contributed by atoms with E-state index in [1.165, 1.54) is 161 Å². The van der Waals surface area contributed by atoms with Gasteiger partial charge in [-0.3, -0.25) is 37.9 Å². The molecular formula is C99H185N2O20P. The Morgan fingerprint density at radius 3 is 1.14 bits per heavy atom. The third kappa shape index (κ3) is 63.4. The monoisotopic (exact) mass is 1750 g/mol. The SMILES string of the molecule is CCCCCC/C=C\CCCCCCCC(=O)O[C@H](CCCCCCCCCCC)CC(=O)NC1C(OC(=O)C[C@@H](CCCCCCCCCCC)OC(=O)CCCCCCCCCCCCC)CC(CO)OC1OCC1OC(OP(C)(=O)O)C(NC(=O)C[C@H](O)CCCCCCCCCCC)C(OC(=O)C[C@H](O)CCCCCCCCCCC)C1O. The Balaban J connectivity index is 2.68. The Morgan fingerprint density at radius 1 is 0.402 bits per heavy atom. The maximum atomic E-state index is 15.1. The molecule has 2 aliphatic rings. The van der Waals surface area contributed by atoms with E-state index in [0.717, 1.165) is 180 Å². The molecule has 2 aliphatic heterocycles. The van der Waals surface area contributed by atoms with Gasteiger partial charge in [0.2, 0.25) is 11.8 Å². The van der Waals surface area contributed by atoms with Gasteiger partial charge < -0.3 is 69.1 Å². The van der Waals surface area contributed by atoms with Crippen molar-refractivity contribution in [3.8, 4) is 0 Å². The number of rotatable bonds is 85. The van der Waals surface area contributed by atoms with Crippen LogP contribution >= 0.6 is 7.60 Å². The molecule has 122 heavy (non-hydrogen) atoms. The molecule has 0 aromatic carbocycles. The number of allylic oxidation sites excluding steroid dienone is 2. The molecule has 0 spiro atoms. The van der Waals surface area contributed by atoms with E-state index < -0.39 is 149 Å². The molecule has 2 rings (SSSR count). The summed E-state index contributed by atoms with van der Waals surface area (Å²) in [5, 5.41) is 51.8. The van der Waals surface area contributed by atoms with Gasteiger partial charge in [0.05, 0.1) is 57.2 Å². The summed E-state index contributed by atoms with van der Waals surface area (Å²) in [7, 11) is -4.58. The fraction of sp³-hybridized carbons (Fsp3) is 0.919. The van der Waals surface area contributed by atoms with Gasteiger partial charge in [0.15, 0.2) is 18.7 Å². The lowest BCUT2D eigenvalue weighted by molar-refractivity contribution is -0.283. The Morgan fingerprint density at radius 2 is 0.738 bits per heavy atom. The van der Waals surface area contributed by atoms with E-state index in [0.29, 0.717) is 57.8 Å². The molecular weight excluding hydrogens is 1570 g/mol. The highest BCUT2D eigenvalue weighted by atomic mass is 31.2. The predicted molar refractivity (Wildman–Crippen MR) is 490 cm³/mol. The summed E-state index contributed by atoms with van der Waals surface area (Å²) < 4.78 is 63.4. The van der Waals surface area contributed by atoms with Crippen molar-refractivity contribution in [3.05, 3.63) is 12.2 Å². The molecule has 2 amide bonds. The molecule has 10 unspecified atom stereocenters. The zero-order valence-electron chi connectivity index (χ0n) is 78.7. The quantitative estimate of drug-likeness (QED) is 0.00978. The molecule has 0 aliphatic carbocycles. The molecule has 0 aromatic heterocycles. The highest BCUT2D eigenvalue weighted by Crippen LogP contribution is 2.42. The Hall–Kier alpha value is -3.57. The van der Waals surface area contributed by atoms with Gasteiger partial charge in [-0.25, -0.2) is 0 Å². The summed E-state index contributed by atoms with van der Waals surface area (Å²) in [5.41, 5.74) is 0. The number of nitrogens with one attached hydrogen (secondary N) is 2. The van der Waals surface area contributed by atoms with Crippen molar-refractivity contribution < 1.29 is 96.3 Å². The second-order valence-electron chi connectivity index (χ2n) is 36.2. The normalized spacial score (nSPS) is 20.1. The van der Waals surface area contributed by atoms with Crippen LogP contribution in [0.3, 0.4) is 0 Å². The number of hydrogen-bond donors (Lipinski definition) is 7. The summed E-state index contributed by atoms with van der Waals surface area (Å²) in [6.45, 7) is 12.8. The van der Waals surface area contributed by atoms with E-state index >= 15 is 4.79 Å². The number of hydrogen-bond acceptors (Lipinski definition) is 19. The lowest BCUT2D eigenvalue weighted by atomic mass is 9.95. The van der Waals surface area contributed by atoms with Crippen LogP contribution < -0.4 is 10.6 Å². The average molecular weight is 1750 g/mol. The van der Waals surface area contributed by atoms with Crippen LogP contribution in [-0.4, -0.2) is 160 Å². The largest absolute Gasteiger partial charge is 0.462 e. The van der Waals surface area contributed by atoms with Gasteiger partial charge in [0.1, 0.15) is 42.6 Å². The van der Waals surface area contributed by atoms with Crippen molar-refractivity contribution in [1.29, 1.82) is 0 Å². The smallest absolute Gasteiger partial charge is 0.327 e. The molecule has 2 heterocycles. The summed E-state index contributed by atoms with van der Waals surface area (Å²) in [5.74, 6) is -3.88. The van der Waals surface area contributed by atoms with Crippen LogP contribution in [-0.2, 0) is 71.0 Å². The van der Waals surface area contributed by atoms with Crippen LogP contribution in [0, 0.1) is 0 Å². The van der Waals surface area contributed by atoms with Crippen molar-refractivity contribution in [2.24, 2.45) is 0 Å². The second-order valence-corrected chi connectivity index (χ2v) is 38.0. The lowest BCUT2D eigenvalue weighted by Crippen LogP contribution is -2.66. The van der Waals surface area contributed by atoms with Crippen LogP contribution in [0.25, 0.3) is 0 Å². The van der Waals surface area contributed by atoms with Crippen molar-refractivity contribution in [2.45, 2.75) is 564 Å². The number of ether oxygens (including phenoxy) is 7. The van der Waals surface area contributed by atoms with E-state index in [4.69, 9.17) is 37.7 Å². The van der Waals surface area contributed by atoms with E-state index in [2.05, 4.69) is 64.3 Å². The van der Waals surface area contributed by atoms with Gasteiger partial charge >= 0.3 is 31.5 Å². The van der Waals surface area contributed by atoms with E-state index in [9.17, 15) is 53.9 Å². The number of amides is 2. The van der Waals surface area contributed by atoms with Gasteiger partial charge in [0, 0.05) is 25.9 Å². The minimum Gasteiger partial charge on any atom is -0.462 e. The molecule has 23 heteroatoms. The summed E-state index contributed by atoms with van der Waals surface area (Å²) in [6.07, 6.45) is 51.4. The standard InChI is InChI=1S/C99H185N2O20P/c1-8-14-20-26-32-38-40-41-43-49-55-60-66-72-90(107)115-83(70-64-58-52-46-36-30-24-18-12-5)77-89(106)100-94-86(118-93(110)78-84(71-65-59-53-47-37-31-25-19-13-6)116-91(108)73-67-61-54-48-42-39-33-27-21-15-9-2)76-85(79-102)117-98(94)114-80-87-96(111)97(120-92(109)75-82(104)69-63-57-51-45-35-29-23-17-11-4)95(99(119-87)121-122(7,112)113)101-88(105)74-81(103)68-62-56-50-44-34-28-22-16-10-3/h38,40,81-87,94-99,102-104,111H,8-37,39,41-80H2,1-7H3,(H,100,106)(H,101,105)(H,112,113)/b40-38-/t81-,82-,83-,84-,85?,86?,87?,94?,95?,96?,97?,98?,99?/m1/s1. The first-order valence-corrected chi connectivity index (χ1v) is 52.8. The maximum absolute atomic E-state index is 15.1. The highest BCUT2D eigenvalue weighted by Gasteiger charge is 2.52. The molecule has 0 radical (unpaired) electrons. The number of esters is 4. The first-order chi connectivity index (χ1) is 59.2. The first-order valence-electron chi connectivity index (χ1n) is 50.8. The molecule has 0 saturated carbocycles. The third-order valence-electron chi connectivity index (χ3n) is 24.2. The Bertz CT molecular complexity index is 2600. The van der Waals surface area contributed by atoms with Gasteiger partial charge in [-0.05, 0) is 77.0 Å². The molecule has 7 N–H and O–H groups in total. The van der Waals surface area contributed by atoms with E-state index in [1.54, 1.807) is 0 Å². The van der Waals surface area contributed by atoms with E-state index in [1.807, 2.05) is 0 Å². The molecule has 0 aromatic rings. The van der Waals surface area contributed by atoms with Gasteiger partial charge in [-0.15, -0.1) is 0 Å². The Labute approximate surface area is 742 Å². The average Bonchev–Trinajstić information content (AvgIpc) is 0.785. The molecule has 716 valence electrons. The minimum atomic E-state index is -4.58. The fourth-order valence-electron chi connectivity index (χ4n) is 16.7. The summed E-state index contributed by atoms with van der Waals surface area (Å²) in [4.78, 5) is 96.7. The van der Waals surface area contributed by atoms with Crippen LogP contribution in [0.5, 0.6) is 0 Å². The fourth-order valence-corrected chi connectivity index (χ4v) is 17.3. The summed E-state index contributed by atoms with van der Waals surface area (Å²) in [6, 6.07) is -3.05. The second kappa shape index (κ2) is 78.5. The zero-order valence-corrected chi connectivity index (χ0v) is 79.6. The van der Waals surface area contributed by atoms with Crippen LogP contribution in [0.15, 0.2) is 12.2 Å². The summed E-state index contributed by atoms with van der Waals surface area (Å²) >= 11 is 0. The lowest BCUT2D eigenvalue weighted by Gasteiger charge is -2.45. The number of aliphatic hydroxyl groups is 4. The van der Waals surface area contributed by atoms with Crippen molar-refractivity contribution >= 4 is 43.3 Å². The highest BCUT2D eigenvalue weighted by molar-refractivity contribution is 7.51. The molecule has 2 saturated heterocycles. The minimum absolute atomic E-state index is 0.152. The number of carbonyl (C=O) groups excluding carboxylic acids is 6. The topological polar surface area (TPSA) is 319 Å². The van der Waals surface area contributed by atoms with Crippen LogP contribution in [0.1, 0.15) is 485 Å². The third-order valence-corrected chi connectivity index (χ3v) is 24.8. The Kier molecular flexibility index (Phi) is 73.6.